The summed E-state index contributed by atoms with van der Waals surface area (Å²) in [5.74, 6) is 0.327. The van der Waals surface area contributed by atoms with E-state index >= 15 is 0 Å². The zero-order valence-corrected chi connectivity index (χ0v) is 14.2. The first kappa shape index (κ1) is 16.7. The van der Waals surface area contributed by atoms with Crippen molar-refractivity contribution < 1.29 is 0 Å². The molecule has 2 heterocycles. The number of hydrogen-bond acceptors (Lipinski definition) is 4. The van der Waals surface area contributed by atoms with E-state index in [0.29, 0.717) is 17.1 Å². The van der Waals surface area contributed by atoms with E-state index in [9.17, 15) is 4.79 Å². The lowest BCUT2D eigenvalue weighted by atomic mass is 9.91. The number of rotatable bonds is 3. The first-order valence-corrected chi connectivity index (χ1v) is 7.33. The predicted octanol–water partition coefficient (Wildman–Crippen LogP) is 3.82. The van der Waals surface area contributed by atoms with E-state index in [4.69, 9.17) is 6.57 Å². The molecule has 8 nitrogen and oxygen atoms in total. The Morgan fingerprint density at radius 1 is 1.30 bits per heavy atom. The highest BCUT2D eigenvalue weighted by Gasteiger charge is 2.24. The average Bonchev–Trinajstić information content (AvgIpc) is 2.99. The van der Waals surface area contributed by atoms with Gasteiger partial charge in [0, 0.05) is 18.2 Å². The minimum Gasteiger partial charge on any atom is -0.297 e. The molecule has 0 aliphatic heterocycles. The fourth-order valence-electron chi connectivity index (χ4n) is 2.17. The summed E-state index contributed by atoms with van der Waals surface area (Å²) in [6.45, 7) is 17.2. The van der Waals surface area contributed by atoms with E-state index in [-0.39, 0.29) is 28.4 Å². The number of hydrogen-bond donors (Lipinski definition) is 2. The van der Waals surface area contributed by atoms with Gasteiger partial charge in [0.25, 0.3) is 11.2 Å². The van der Waals surface area contributed by atoms with E-state index in [2.05, 4.69) is 30.4 Å². The Balaban J connectivity index is 2.51. The Morgan fingerprint density at radius 3 is 2.48 bits per heavy atom. The summed E-state index contributed by atoms with van der Waals surface area (Å²) in [6, 6.07) is 0. The summed E-state index contributed by atoms with van der Waals surface area (Å²) in [5.41, 5.74) is 1.44. The molecule has 2 aromatic heterocycles. The lowest BCUT2D eigenvalue weighted by Crippen LogP contribution is -2.12. The van der Waals surface area contributed by atoms with Gasteiger partial charge in [-0.3, -0.25) is 19.7 Å². The molecule has 0 saturated heterocycles. The van der Waals surface area contributed by atoms with Crippen LogP contribution in [0.2, 0.25) is 0 Å². The molecule has 0 aliphatic rings. The van der Waals surface area contributed by atoms with Gasteiger partial charge in [-0.05, 0) is 5.92 Å². The first-order valence-electron chi connectivity index (χ1n) is 7.33. The smallest absolute Gasteiger partial charge is 0.294 e. The second kappa shape index (κ2) is 5.83. The maximum absolute atomic E-state index is 12.2. The van der Waals surface area contributed by atoms with Crippen LogP contribution in [0.3, 0.4) is 0 Å². The summed E-state index contributed by atoms with van der Waals surface area (Å²) in [6.07, 6.45) is 0. The minimum absolute atomic E-state index is 0.126. The van der Waals surface area contributed by atoms with Crippen molar-refractivity contribution in [2.45, 2.75) is 46.0 Å². The van der Waals surface area contributed by atoms with Gasteiger partial charge in [-0.25, -0.2) is 4.85 Å². The van der Waals surface area contributed by atoms with Crippen LogP contribution in [0.5, 0.6) is 0 Å². The molecule has 0 fully saturated rings. The molecule has 23 heavy (non-hydrogen) atoms. The fraction of sp³-hybridized carbons (Fsp3) is 0.533. The highest BCUT2D eigenvalue weighted by atomic mass is 16.1. The highest BCUT2D eigenvalue weighted by Crippen LogP contribution is 2.35. The second-order valence-corrected chi connectivity index (χ2v) is 6.73. The summed E-state index contributed by atoms with van der Waals surface area (Å²) in [4.78, 5) is 15.7. The maximum atomic E-state index is 12.2. The molecule has 2 aromatic rings. The average molecular weight is 315 g/mol. The number of nitrogens with zero attached hydrogens (tertiary/aromatic N) is 5. The van der Waals surface area contributed by atoms with E-state index in [1.807, 2.05) is 34.6 Å². The maximum Gasteiger partial charge on any atom is 0.294 e. The lowest BCUT2D eigenvalue weighted by Gasteiger charge is -2.16. The topological polar surface area (TPSA) is 95.6 Å². The van der Waals surface area contributed by atoms with Crippen molar-refractivity contribution in [3.63, 3.8) is 0 Å². The number of aryl methyl sites for hydroxylation is 1. The van der Waals surface area contributed by atoms with Crippen molar-refractivity contribution in [3.05, 3.63) is 33.2 Å². The molecule has 2 N–H and O–H groups in total. The largest absolute Gasteiger partial charge is 0.297 e. The van der Waals surface area contributed by atoms with Crippen LogP contribution in [0.25, 0.3) is 4.85 Å². The second-order valence-electron chi connectivity index (χ2n) is 6.73. The van der Waals surface area contributed by atoms with E-state index < -0.39 is 0 Å². The Bertz CT molecular complexity index is 837. The quantitative estimate of drug-likeness (QED) is 0.665. The summed E-state index contributed by atoms with van der Waals surface area (Å²) < 4.78 is 1.37. The van der Waals surface area contributed by atoms with E-state index in [1.165, 1.54) is 4.68 Å². The van der Waals surface area contributed by atoms with Gasteiger partial charge < -0.3 is 0 Å². The van der Waals surface area contributed by atoms with Crippen molar-refractivity contribution in [1.82, 2.24) is 20.0 Å². The molecule has 0 bridgehead atoms. The van der Waals surface area contributed by atoms with E-state index in [0.717, 1.165) is 0 Å². The molecule has 0 amide bonds. The van der Waals surface area contributed by atoms with Crippen LogP contribution < -0.4 is 5.56 Å². The fourth-order valence-corrected chi connectivity index (χ4v) is 2.17. The van der Waals surface area contributed by atoms with E-state index in [1.54, 1.807) is 7.05 Å². The van der Waals surface area contributed by atoms with Crippen molar-refractivity contribution in [1.29, 1.82) is 0 Å². The molecule has 2 rings (SSSR count). The van der Waals surface area contributed by atoms with Gasteiger partial charge in [0.2, 0.25) is 5.82 Å². The number of azo groups is 1. The Kier molecular flexibility index (Phi) is 4.23. The third-order valence-electron chi connectivity index (χ3n) is 3.46. The number of nitrogens with one attached hydrogen (secondary N) is 2. The van der Waals surface area contributed by atoms with Crippen molar-refractivity contribution >= 4 is 17.2 Å². The molecule has 0 radical (unpaired) electrons. The molecule has 8 heteroatoms. The van der Waals surface area contributed by atoms with Crippen LogP contribution in [0.15, 0.2) is 15.0 Å². The molecule has 0 aromatic carbocycles. The van der Waals surface area contributed by atoms with Crippen LogP contribution in [0, 0.1) is 6.57 Å². The normalized spacial score (nSPS) is 12.3. The summed E-state index contributed by atoms with van der Waals surface area (Å²) in [5, 5.41) is 18.0. The number of aromatic amines is 2. The van der Waals surface area contributed by atoms with Gasteiger partial charge in [-0.15, -0.1) is 10.2 Å². The van der Waals surface area contributed by atoms with Crippen molar-refractivity contribution in [2.75, 3.05) is 0 Å². The molecule has 0 aliphatic carbocycles. The molecule has 0 spiro atoms. The first-order chi connectivity index (χ1) is 10.7. The molecular weight excluding hydrogens is 294 g/mol. The summed E-state index contributed by atoms with van der Waals surface area (Å²) >= 11 is 0. The van der Waals surface area contributed by atoms with Crippen molar-refractivity contribution in [3.8, 4) is 0 Å². The van der Waals surface area contributed by atoms with Crippen LogP contribution in [-0.4, -0.2) is 20.0 Å². The van der Waals surface area contributed by atoms with Crippen LogP contribution in [0.4, 0.5) is 17.2 Å². The monoisotopic (exact) mass is 315 g/mol. The third-order valence-corrected chi connectivity index (χ3v) is 3.46. The van der Waals surface area contributed by atoms with Gasteiger partial charge in [-0.1, -0.05) is 34.6 Å². The third kappa shape index (κ3) is 3.08. The Hall–Kier alpha value is -2.69. The molecule has 0 saturated carbocycles. The van der Waals surface area contributed by atoms with Crippen LogP contribution >= 0.6 is 0 Å². The van der Waals surface area contributed by atoms with Gasteiger partial charge >= 0.3 is 0 Å². The zero-order valence-electron chi connectivity index (χ0n) is 14.2. The Labute approximate surface area is 134 Å². The highest BCUT2D eigenvalue weighted by molar-refractivity contribution is 5.66. The minimum atomic E-state index is -0.286. The lowest BCUT2D eigenvalue weighted by molar-refractivity contribution is 0.552. The molecule has 0 unspecified atom stereocenters. The molecule has 122 valence electrons. The standard InChI is InChI=1S/C15H21N7O/c1-8(2)9-10(16-6)13(19-17-9)20-18-11-12(15(3,4)5)21-22(7)14(11)23/h8,21H,1-5,7H3,(H,17,19). The van der Waals surface area contributed by atoms with Crippen molar-refractivity contribution in [2.24, 2.45) is 17.3 Å². The Morgan fingerprint density at radius 2 is 1.96 bits per heavy atom. The van der Waals surface area contributed by atoms with Gasteiger partial charge in [0.1, 0.15) is 0 Å². The number of aromatic nitrogens is 4. The molecule has 0 atom stereocenters. The van der Waals surface area contributed by atoms with Crippen LogP contribution in [-0.2, 0) is 12.5 Å². The number of H-pyrrole nitrogens is 2. The predicted molar refractivity (Wildman–Crippen MR) is 87.8 cm³/mol. The SMILES string of the molecule is [C-]#[N+]c1c(N=Nc2c(C(C)(C)C)[nH]n(C)c2=O)n[nH]c1C(C)C. The van der Waals surface area contributed by atoms with Gasteiger partial charge in [0.15, 0.2) is 5.69 Å². The van der Waals surface area contributed by atoms with Gasteiger partial charge in [0.05, 0.1) is 12.3 Å². The van der Waals surface area contributed by atoms with Crippen LogP contribution in [0.1, 0.15) is 51.9 Å². The molecular formula is C15H21N7O. The zero-order chi connectivity index (χ0) is 17.4. The van der Waals surface area contributed by atoms with Gasteiger partial charge in [-0.2, -0.15) is 5.10 Å². The summed E-state index contributed by atoms with van der Waals surface area (Å²) in [7, 11) is 1.63.